The van der Waals surface area contributed by atoms with Gasteiger partial charge in [0.1, 0.15) is 0 Å². The minimum absolute atomic E-state index is 0.0124. The molecule has 0 aliphatic heterocycles. The third kappa shape index (κ3) is 1.72. The van der Waals surface area contributed by atoms with Crippen molar-refractivity contribution in [1.82, 2.24) is 0 Å². The fourth-order valence-corrected chi connectivity index (χ4v) is 2.08. The summed E-state index contributed by atoms with van der Waals surface area (Å²) in [7, 11) is 0. The van der Waals surface area contributed by atoms with Crippen LogP contribution in [0.5, 0.6) is 0 Å². The first kappa shape index (κ1) is 9.04. The minimum Gasteiger partial charge on any atom is -0.281 e. The van der Waals surface area contributed by atoms with Gasteiger partial charge in [-0.3, -0.25) is 4.79 Å². The second kappa shape index (κ2) is 3.32. The molecule has 1 aromatic rings. The van der Waals surface area contributed by atoms with E-state index >= 15 is 0 Å². The molecule has 2 unspecified atom stereocenters. The van der Waals surface area contributed by atoms with E-state index in [2.05, 4.69) is 0 Å². The second-order valence-electron chi connectivity index (χ2n) is 3.27. The number of benzene rings is 1. The van der Waals surface area contributed by atoms with Crippen molar-refractivity contribution in [2.75, 3.05) is 0 Å². The van der Waals surface area contributed by atoms with Crippen LogP contribution in [0.3, 0.4) is 0 Å². The Morgan fingerprint density at radius 2 is 2.08 bits per heavy atom. The summed E-state index contributed by atoms with van der Waals surface area (Å²) in [5, 5.41) is 0.484. The SMILES string of the molecule is O=C(Cl)C1CC1c1ccccc1Cl. The molecule has 1 aliphatic rings. The first-order chi connectivity index (χ1) is 6.20. The van der Waals surface area contributed by atoms with Crippen LogP contribution in [0, 0.1) is 5.92 Å². The molecule has 68 valence electrons. The van der Waals surface area contributed by atoms with E-state index in [1.807, 2.05) is 24.3 Å². The lowest BCUT2D eigenvalue weighted by molar-refractivity contribution is -0.112. The molecule has 0 amide bonds. The van der Waals surface area contributed by atoms with Gasteiger partial charge in [0.05, 0.1) is 0 Å². The summed E-state index contributed by atoms with van der Waals surface area (Å²) in [6.45, 7) is 0. The molecule has 3 heteroatoms. The van der Waals surface area contributed by atoms with Gasteiger partial charge in [-0.25, -0.2) is 0 Å². The van der Waals surface area contributed by atoms with E-state index in [0.29, 0.717) is 0 Å². The van der Waals surface area contributed by atoms with Crippen molar-refractivity contribution in [3.8, 4) is 0 Å². The summed E-state index contributed by atoms with van der Waals surface area (Å²) in [4.78, 5) is 10.8. The second-order valence-corrected chi connectivity index (χ2v) is 4.05. The molecule has 2 atom stereocenters. The van der Waals surface area contributed by atoms with Crippen molar-refractivity contribution in [3.05, 3.63) is 34.9 Å². The Morgan fingerprint density at radius 1 is 1.38 bits per heavy atom. The highest BCUT2D eigenvalue weighted by atomic mass is 35.5. The van der Waals surface area contributed by atoms with E-state index in [1.54, 1.807) is 0 Å². The standard InChI is InChI=1S/C10H8Cl2O/c11-9-4-2-1-3-6(9)7-5-8(7)10(12)13/h1-4,7-8H,5H2. The molecule has 2 rings (SSSR count). The van der Waals surface area contributed by atoms with E-state index in [-0.39, 0.29) is 17.1 Å². The van der Waals surface area contributed by atoms with Crippen molar-refractivity contribution < 1.29 is 4.79 Å². The van der Waals surface area contributed by atoms with E-state index in [0.717, 1.165) is 17.0 Å². The molecule has 1 nitrogen and oxygen atoms in total. The Balaban J connectivity index is 2.21. The number of carbonyl (C=O) groups excluding carboxylic acids is 1. The van der Waals surface area contributed by atoms with Crippen LogP contribution in [-0.2, 0) is 4.79 Å². The molecule has 1 aliphatic carbocycles. The van der Waals surface area contributed by atoms with Crippen LogP contribution < -0.4 is 0 Å². The first-order valence-corrected chi connectivity index (χ1v) is 4.89. The van der Waals surface area contributed by atoms with Gasteiger partial charge in [0.15, 0.2) is 0 Å². The average molecular weight is 215 g/mol. The fourth-order valence-electron chi connectivity index (χ4n) is 1.57. The lowest BCUT2D eigenvalue weighted by Gasteiger charge is -2.00. The highest BCUT2D eigenvalue weighted by Gasteiger charge is 2.43. The van der Waals surface area contributed by atoms with E-state index < -0.39 is 0 Å². The molecule has 0 radical (unpaired) electrons. The van der Waals surface area contributed by atoms with Gasteiger partial charge < -0.3 is 0 Å². The molecule has 0 spiro atoms. The quantitative estimate of drug-likeness (QED) is 0.692. The van der Waals surface area contributed by atoms with E-state index in [4.69, 9.17) is 23.2 Å². The minimum atomic E-state index is -0.245. The number of hydrogen-bond acceptors (Lipinski definition) is 1. The summed E-state index contributed by atoms with van der Waals surface area (Å²) >= 11 is 11.4. The molecule has 1 aromatic carbocycles. The third-order valence-electron chi connectivity index (χ3n) is 2.39. The molecule has 0 bridgehead atoms. The Labute approximate surface area is 86.7 Å². The highest BCUT2D eigenvalue weighted by molar-refractivity contribution is 6.64. The predicted octanol–water partition coefficient (Wildman–Crippen LogP) is 3.21. The zero-order chi connectivity index (χ0) is 9.42. The van der Waals surface area contributed by atoms with Crippen molar-refractivity contribution >= 4 is 28.4 Å². The largest absolute Gasteiger partial charge is 0.281 e. The van der Waals surface area contributed by atoms with Gasteiger partial charge in [-0.1, -0.05) is 29.8 Å². The maximum atomic E-state index is 10.8. The monoisotopic (exact) mass is 214 g/mol. The molecule has 1 saturated carbocycles. The van der Waals surface area contributed by atoms with Gasteiger partial charge in [0, 0.05) is 10.9 Å². The van der Waals surface area contributed by atoms with Crippen LogP contribution in [0.15, 0.2) is 24.3 Å². The molecule has 0 heterocycles. The maximum absolute atomic E-state index is 10.8. The Kier molecular flexibility index (Phi) is 2.31. The summed E-state index contributed by atoms with van der Waals surface area (Å²) in [5.41, 5.74) is 1.04. The molecule has 1 fully saturated rings. The van der Waals surface area contributed by atoms with Gasteiger partial charge in [-0.15, -0.1) is 0 Å². The average Bonchev–Trinajstić information content (AvgIpc) is 2.84. The number of halogens is 2. The summed E-state index contributed by atoms with van der Waals surface area (Å²) < 4.78 is 0. The summed E-state index contributed by atoms with van der Waals surface area (Å²) in [6, 6.07) is 7.60. The molecule has 13 heavy (non-hydrogen) atoms. The highest BCUT2D eigenvalue weighted by Crippen LogP contribution is 2.50. The van der Waals surface area contributed by atoms with Crippen LogP contribution in [0.4, 0.5) is 0 Å². The molecular weight excluding hydrogens is 207 g/mol. The number of rotatable bonds is 2. The van der Waals surface area contributed by atoms with Crippen LogP contribution >= 0.6 is 23.2 Å². The van der Waals surface area contributed by atoms with Crippen LogP contribution in [-0.4, -0.2) is 5.24 Å². The Morgan fingerprint density at radius 3 is 2.62 bits per heavy atom. The molecule has 0 aromatic heterocycles. The van der Waals surface area contributed by atoms with Crippen LogP contribution in [0.1, 0.15) is 17.9 Å². The molecule has 0 N–H and O–H groups in total. The van der Waals surface area contributed by atoms with Gasteiger partial charge in [0.25, 0.3) is 0 Å². The van der Waals surface area contributed by atoms with Crippen LogP contribution in [0.25, 0.3) is 0 Å². The van der Waals surface area contributed by atoms with Gasteiger partial charge >= 0.3 is 0 Å². The first-order valence-electron chi connectivity index (χ1n) is 4.14. The summed E-state index contributed by atoms with van der Waals surface area (Å²) in [5.74, 6) is 0.236. The normalized spacial score (nSPS) is 25.7. The van der Waals surface area contributed by atoms with E-state index in [9.17, 15) is 4.79 Å². The van der Waals surface area contributed by atoms with Crippen molar-refractivity contribution in [2.24, 2.45) is 5.92 Å². The lowest BCUT2D eigenvalue weighted by atomic mass is 10.1. The predicted molar refractivity (Wildman–Crippen MR) is 53.2 cm³/mol. The Bertz CT molecular complexity index is 349. The lowest BCUT2D eigenvalue weighted by Crippen LogP contribution is -1.91. The zero-order valence-corrected chi connectivity index (χ0v) is 8.35. The third-order valence-corrected chi connectivity index (χ3v) is 3.01. The van der Waals surface area contributed by atoms with Gasteiger partial charge in [-0.2, -0.15) is 0 Å². The van der Waals surface area contributed by atoms with Crippen molar-refractivity contribution in [1.29, 1.82) is 0 Å². The maximum Gasteiger partial charge on any atom is 0.225 e. The van der Waals surface area contributed by atoms with Gasteiger partial charge in [-0.05, 0) is 35.6 Å². The Hall–Kier alpha value is -0.530. The van der Waals surface area contributed by atoms with Crippen molar-refractivity contribution in [3.63, 3.8) is 0 Å². The smallest absolute Gasteiger partial charge is 0.225 e. The van der Waals surface area contributed by atoms with E-state index in [1.165, 1.54) is 0 Å². The fraction of sp³-hybridized carbons (Fsp3) is 0.300. The number of carbonyl (C=O) groups is 1. The molecular formula is C10H8Cl2O. The van der Waals surface area contributed by atoms with Crippen LogP contribution in [0.2, 0.25) is 5.02 Å². The number of hydrogen-bond donors (Lipinski definition) is 0. The zero-order valence-electron chi connectivity index (χ0n) is 6.84. The molecule has 0 saturated heterocycles. The van der Waals surface area contributed by atoms with Crippen molar-refractivity contribution in [2.45, 2.75) is 12.3 Å². The van der Waals surface area contributed by atoms with Gasteiger partial charge in [0.2, 0.25) is 5.24 Å². The topological polar surface area (TPSA) is 17.1 Å². The summed E-state index contributed by atoms with van der Waals surface area (Å²) in [6.07, 6.45) is 0.839.